The predicted molar refractivity (Wildman–Crippen MR) is 77.7 cm³/mol. The van der Waals surface area contributed by atoms with Gasteiger partial charge in [0, 0.05) is 11.6 Å². The van der Waals surface area contributed by atoms with Gasteiger partial charge in [-0.1, -0.05) is 0 Å². The van der Waals surface area contributed by atoms with Crippen LogP contribution in [0.2, 0.25) is 0 Å². The second-order valence-electron chi connectivity index (χ2n) is 5.05. The highest BCUT2D eigenvalue weighted by molar-refractivity contribution is 6.00. The van der Waals surface area contributed by atoms with Crippen LogP contribution >= 0.6 is 0 Å². The van der Waals surface area contributed by atoms with E-state index in [0.717, 1.165) is 0 Å². The van der Waals surface area contributed by atoms with E-state index < -0.39 is 23.8 Å². The van der Waals surface area contributed by atoms with Crippen molar-refractivity contribution in [3.63, 3.8) is 0 Å². The van der Waals surface area contributed by atoms with Gasteiger partial charge in [-0.3, -0.25) is 14.7 Å². The minimum atomic E-state index is -0.987. The number of carbonyl (C=O) groups is 2. The van der Waals surface area contributed by atoms with Crippen molar-refractivity contribution in [3.05, 3.63) is 41.8 Å². The van der Waals surface area contributed by atoms with Crippen LogP contribution in [0.3, 0.4) is 0 Å². The lowest BCUT2D eigenvalue weighted by molar-refractivity contribution is -0.141. The lowest BCUT2D eigenvalue weighted by Crippen LogP contribution is -2.40. The van der Waals surface area contributed by atoms with Gasteiger partial charge in [-0.15, -0.1) is 0 Å². The van der Waals surface area contributed by atoms with Crippen LogP contribution in [-0.2, 0) is 4.79 Å². The van der Waals surface area contributed by atoms with Crippen LogP contribution in [0.25, 0.3) is 11.3 Å². The maximum Gasteiger partial charge on any atom is 0.308 e. The van der Waals surface area contributed by atoms with E-state index in [4.69, 9.17) is 5.11 Å². The first-order chi connectivity index (χ1) is 10.4. The van der Waals surface area contributed by atoms with E-state index in [1.807, 2.05) is 0 Å². The molecule has 0 saturated carbocycles. The lowest BCUT2D eigenvalue weighted by atomic mass is 10.0. The molecule has 6 nitrogen and oxygen atoms in total. The highest BCUT2D eigenvalue weighted by atomic mass is 19.1. The van der Waals surface area contributed by atoms with Crippen molar-refractivity contribution in [2.24, 2.45) is 5.92 Å². The second kappa shape index (κ2) is 6.38. The molecule has 1 aromatic heterocycles. The molecule has 1 aromatic carbocycles. The largest absolute Gasteiger partial charge is 0.481 e. The first-order valence-corrected chi connectivity index (χ1v) is 6.73. The van der Waals surface area contributed by atoms with Gasteiger partial charge in [0.1, 0.15) is 5.82 Å². The zero-order valence-electron chi connectivity index (χ0n) is 12.1. The van der Waals surface area contributed by atoms with Crippen molar-refractivity contribution in [1.29, 1.82) is 0 Å². The summed E-state index contributed by atoms with van der Waals surface area (Å²) in [6, 6.07) is 5.09. The molecule has 2 rings (SSSR count). The number of nitrogens with one attached hydrogen (secondary N) is 2. The smallest absolute Gasteiger partial charge is 0.308 e. The highest BCUT2D eigenvalue weighted by Crippen LogP contribution is 2.21. The monoisotopic (exact) mass is 305 g/mol. The van der Waals surface area contributed by atoms with Crippen molar-refractivity contribution >= 4 is 11.9 Å². The molecular formula is C15H16FN3O3. The van der Waals surface area contributed by atoms with Gasteiger partial charge >= 0.3 is 5.97 Å². The Morgan fingerprint density at radius 3 is 2.50 bits per heavy atom. The van der Waals surface area contributed by atoms with Crippen molar-refractivity contribution in [3.8, 4) is 11.3 Å². The molecule has 116 valence electrons. The Hall–Kier alpha value is -2.70. The van der Waals surface area contributed by atoms with Gasteiger partial charge < -0.3 is 10.4 Å². The standard InChI is InChI=1S/C15H16FN3O3/c1-8(15(21)22)9(2)18-14(20)12-7-17-19-13(12)10-3-5-11(16)6-4-10/h3-9H,1-2H3,(H,17,19)(H,18,20)(H,21,22). The molecule has 1 heterocycles. The molecule has 0 bridgehead atoms. The summed E-state index contributed by atoms with van der Waals surface area (Å²) in [6.07, 6.45) is 1.35. The summed E-state index contributed by atoms with van der Waals surface area (Å²) in [6.45, 7) is 3.14. The van der Waals surface area contributed by atoms with E-state index in [2.05, 4.69) is 15.5 Å². The lowest BCUT2D eigenvalue weighted by Gasteiger charge is -2.17. The number of carboxylic acid groups (broad SMARTS) is 1. The highest BCUT2D eigenvalue weighted by Gasteiger charge is 2.23. The summed E-state index contributed by atoms with van der Waals surface area (Å²) in [5, 5.41) is 18.1. The van der Waals surface area contributed by atoms with Gasteiger partial charge in [0.05, 0.1) is 23.4 Å². The van der Waals surface area contributed by atoms with E-state index >= 15 is 0 Å². The SMILES string of the molecule is CC(NC(=O)c1cn[nH]c1-c1ccc(F)cc1)C(C)C(=O)O. The van der Waals surface area contributed by atoms with Crippen molar-refractivity contribution in [2.75, 3.05) is 0 Å². The Morgan fingerprint density at radius 2 is 1.91 bits per heavy atom. The molecule has 0 aliphatic heterocycles. The number of aromatic nitrogens is 2. The van der Waals surface area contributed by atoms with Crippen LogP contribution in [0.15, 0.2) is 30.5 Å². The number of hydrogen-bond donors (Lipinski definition) is 3. The fraction of sp³-hybridized carbons (Fsp3) is 0.267. The van der Waals surface area contributed by atoms with Gasteiger partial charge in [-0.05, 0) is 38.1 Å². The molecule has 0 saturated heterocycles. The third-order valence-corrected chi connectivity index (χ3v) is 3.52. The predicted octanol–water partition coefficient (Wildman–Crippen LogP) is 2.05. The zero-order valence-corrected chi connectivity index (χ0v) is 12.1. The Kier molecular flexibility index (Phi) is 4.55. The number of amides is 1. The number of H-pyrrole nitrogens is 1. The Labute approximate surface area is 126 Å². The third kappa shape index (κ3) is 3.30. The maximum atomic E-state index is 13.0. The summed E-state index contributed by atoms with van der Waals surface area (Å²) in [7, 11) is 0. The number of benzene rings is 1. The van der Waals surface area contributed by atoms with E-state index in [1.165, 1.54) is 37.4 Å². The molecule has 2 aromatic rings. The molecule has 2 unspecified atom stereocenters. The number of carboxylic acids is 1. The second-order valence-corrected chi connectivity index (χ2v) is 5.05. The van der Waals surface area contributed by atoms with E-state index in [9.17, 15) is 14.0 Å². The molecule has 7 heteroatoms. The van der Waals surface area contributed by atoms with Crippen molar-refractivity contribution in [2.45, 2.75) is 19.9 Å². The van der Waals surface area contributed by atoms with Crippen LogP contribution in [0.5, 0.6) is 0 Å². The number of aliphatic carboxylic acids is 1. The molecule has 3 N–H and O–H groups in total. The van der Waals surface area contributed by atoms with E-state index in [1.54, 1.807) is 6.92 Å². The van der Waals surface area contributed by atoms with Gasteiger partial charge in [-0.25, -0.2) is 4.39 Å². The third-order valence-electron chi connectivity index (χ3n) is 3.52. The summed E-state index contributed by atoms with van der Waals surface area (Å²) in [5.41, 5.74) is 1.34. The van der Waals surface area contributed by atoms with E-state index in [0.29, 0.717) is 11.3 Å². The van der Waals surface area contributed by atoms with Gasteiger partial charge in [-0.2, -0.15) is 5.10 Å². The number of hydrogen-bond acceptors (Lipinski definition) is 3. The summed E-state index contributed by atoms with van der Waals surface area (Å²) in [4.78, 5) is 23.2. The molecule has 0 radical (unpaired) electrons. The minimum absolute atomic E-state index is 0.274. The average Bonchev–Trinajstić information content (AvgIpc) is 2.96. The van der Waals surface area contributed by atoms with Crippen molar-refractivity contribution < 1.29 is 19.1 Å². The van der Waals surface area contributed by atoms with Crippen LogP contribution in [-0.4, -0.2) is 33.2 Å². The van der Waals surface area contributed by atoms with Crippen LogP contribution in [0, 0.1) is 11.7 Å². The number of carbonyl (C=O) groups excluding carboxylic acids is 1. The van der Waals surface area contributed by atoms with Gasteiger partial charge in [0.25, 0.3) is 5.91 Å². The van der Waals surface area contributed by atoms with Crippen LogP contribution < -0.4 is 5.32 Å². The number of halogens is 1. The molecule has 0 aliphatic carbocycles. The van der Waals surface area contributed by atoms with E-state index in [-0.39, 0.29) is 11.4 Å². The Bertz CT molecular complexity index is 682. The Balaban J connectivity index is 2.20. The summed E-state index contributed by atoms with van der Waals surface area (Å²) >= 11 is 0. The fourth-order valence-corrected chi connectivity index (χ4v) is 1.92. The first-order valence-electron chi connectivity index (χ1n) is 6.73. The number of nitrogens with zero attached hydrogens (tertiary/aromatic N) is 1. The molecule has 2 atom stereocenters. The minimum Gasteiger partial charge on any atom is -0.481 e. The molecule has 1 amide bonds. The fourth-order valence-electron chi connectivity index (χ4n) is 1.92. The molecule has 0 spiro atoms. The number of aromatic amines is 1. The topological polar surface area (TPSA) is 95.1 Å². The molecular weight excluding hydrogens is 289 g/mol. The summed E-state index contributed by atoms with van der Waals surface area (Å²) < 4.78 is 13.0. The van der Waals surface area contributed by atoms with Gasteiger partial charge in [0.15, 0.2) is 0 Å². The maximum absolute atomic E-state index is 13.0. The van der Waals surface area contributed by atoms with Crippen LogP contribution in [0.4, 0.5) is 4.39 Å². The molecule has 0 fully saturated rings. The van der Waals surface area contributed by atoms with Gasteiger partial charge in [0.2, 0.25) is 0 Å². The molecule has 0 aliphatic rings. The number of rotatable bonds is 5. The first kappa shape index (κ1) is 15.7. The molecule has 22 heavy (non-hydrogen) atoms. The Morgan fingerprint density at radius 1 is 1.27 bits per heavy atom. The van der Waals surface area contributed by atoms with Crippen molar-refractivity contribution in [1.82, 2.24) is 15.5 Å². The quantitative estimate of drug-likeness (QED) is 0.788. The zero-order chi connectivity index (χ0) is 16.3. The summed E-state index contributed by atoms with van der Waals surface area (Å²) in [5.74, 6) is -2.52. The van der Waals surface area contributed by atoms with Crippen LogP contribution in [0.1, 0.15) is 24.2 Å². The average molecular weight is 305 g/mol. The normalized spacial score (nSPS) is 13.4.